The Morgan fingerprint density at radius 1 is 1.03 bits per heavy atom. The average Bonchev–Trinajstić information content (AvgIpc) is 3.16. The van der Waals surface area contributed by atoms with Crippen LogP contribution in [0.2, 0.25) is 0 Å². The van der Waals surface area contributed by atoms with Crippen LogP contribution in [0.5, 0.6) is 0 Å². The molecule has 0 spiro atoms. The molecule has 2 aromatic carbocycles. The normalized spacial score (nSPS) is 16.0. The van der Waals surface area contributed by atoms with Crippen molar-refractivity contribution in [2.45, 2.75) is 50.0 Å². The molecule has 1 saturated carbocycles. The van der Waals surface area contributed by atoms with Crippen LogP contribution in [0.1, 0.15) is 55.6 Å². The highest BCUT2D eigenvalue weighted by atomic mass is 16.5. The first-order chi connectivity index (χ1) is 16.9. The molecule has 2 amide bonds. The lowest BCUT2D eigenvalue weighted by Gasteiger charge is -2.38. The van der Waals surface area contributed by atoms with Gasteiger partial charge >= 0.3 is 12.1 Å². The van der Waals surface area contributed by atoms with Gasteiger partial charge in [-0.05, 0) is 35.1 Å². The van der Waals surface area contributed by atoms with Crippen LogP contribution in [-0.4, -0.2) is 53.2 Å². The van der Waals surface area contributed by atoms with Crippen molar-refractivity contribution >= 4 is 18.0 Å². The summed E-state index contributed by atoms with van der Waals surface area (Å²) in [7, 11) is 0. The smallest absolute Gasteiger partial charge is 0.407 e. The number of hydrogen-bond donors (Lipinski definition) is 2. The van der Waals surface area contributed by atoms with Gasteiger partial charge < -0.3 is 20.1 Å². The number of alkyl carbamates (subject to hydrolysis) is 1. The molecule has 2 aliphatic carbocycles. The zero-order valence-electron chi connectivity index (χ0n) is 19.9. The number of benzene rings is 2. The number of nitrogens with one attached hydrogen (secondary N) is 1. The zero-order chi connectivity index (χ0) is 24.8. The number of carbonyl (C=O) groups excluding carboxylic acids is 2. The first-order valence-corrected chi connectivity index (χ1v) is 12.2. The van der Waals surface area contributed by atoms with Gasteiger partial charge in [0.05, 0.1) is 12.0 Å². The van der Waals surface area contributed by atoms with Crippen molar-refractivity contribution in [1.82, 2.24) is 10.2 Å². The molecule has 35 heavy (non-hydrogen) atoms. The van der Waals surface area contributed by atoms with E-state index in [9.17, 15) is 19.5 Å². The van der Waals surface area contributed by atoms with E-state index in [1.54, 1.807) is 0 Å². The van der Waals surface area contributed by atoms with Gasteiger partial charge in [0.2, 0.25) is 5.91 Å². The molecule has 2 N–H and O–H groups in total. The Labute approximate surface area is 205 Å². The summed E-state index contributed by atoms with van der Waals surface area (Å²) in [6.45, 7) is 3.57. The topological polar surface area (TPSA) is 95.9 Å². The summed E-state index contributed by atoms with van der Waals surface area (Å²) in [5.41, 5.74) is 3.85. The molecule has 7 heteroatoms. The quantitative estimate of drug-likeness (QED) is 0.511. The molecule has 2 aromatic rings. The third-order valence-corrected chi connectivity index (χ3v) is 7.04. The number of ether oxygens (including phenoxy) is 1. The fourth-order valence-electron chi connectivity index (χ4n) is 5.40. The van der Waals surface area contributed by atoms with Gasteiger partial charge in [0, 0.05) is 12.5 Å². The molecule has 1 fully saturated rings. The predicted octanol–water partition coefficient (Wildman–Crippen LogP) is 4.72. The van der Waals surface area contributed by atoms with Crippen LogP contribution in [0.3, 0.4) is 0 Å². The fraction of sp³-hybridized carbons (Fsp3) is 0.393. The average molecular weight is 477 g/mol. The number of carbonyl (C=O) groups is 3. The fourth-order valence-corrected chi connectivity index (χ4v) is 5.40. The van der Waals surface area contributed by atoms with Crippen LogP contribution < -0.4 is 5.32 Å². The van der Waals surface area contributed by atoms with Gasteiger partial charge in [-0.3, -0.25) is 9.59 Å². The number of carboxylic acid groups (broad SMARTS) is 1. The summed E-state index contributed by atoms with van der Waals surface area (Å²) in [4.78, 5) is 38.4. The molecule has 0 heterocycles. The molecule has 2 aliphatic rings. The number of hydrogen-bond acceptors (Lipinski definition) is 4. The number of rotatable bonds is 9. The molecule has 0 aromatic heterocycles. The Morgan fingerprint density at radius 3 is 2.20 bits per heavy atom. The lowest BCUT2D eigenvalue weighted by Crippen LogP contribution is -2.53. The minimum absolute atomic E-state index is 0.0400. The van der Waals surface area contributed by atoms with E-state index in [-0.39, 0.29) is 31.4 Å². The summed E-state index contributed by atoms with van der Waals surface area (Å²) >= 11 is 0. The van der Waals surface area contributed by atoms with E-state index in [4.69, 9.17) is 4.74 Å². The van der Waals surface area contributed by atoms with Gasteiger partial charge in [0.25, 0.3) is 0 Å². The van der Waals surface area contributed by atoms with Crippen LogP contribution in [0.15, 0.2) is 61.2 Å². The Balaban J connectivity index is 1.44. The van der Waals surface area contributed by atoms with E-state index in [0.29, 0.717) is 12.8 Å². The summed E-state index contributed by atoms with van der Waals surface area (Å²) in [6.07, 6.45) is 5.11. The second-order valence-corrected chi connectivity index (χ2v) is 9.42. The van der Waals surface area contributed by atoms with E-state index in [1.807, 2.05) is 24.3 Å². The van der Waals surface area contributed by atoms with E-state index >= 15 is 0 Å². The van der Waals surface area contributed by atoms with Crippen molar-refractivity contribution in [2.24, 2.45) is 0 Å². The lowest BCUT2D eigenvalue weighted by atomic mass is 9.79. The van der Waals surface area contributed by atoms with Crippen molar-refractivity contribution < 1.29 is 24.2 Å². The lowest BCUT2D eigenvalue weighted by molar-refractivity contribution is -0.144. The molecule has 0 saturated heterocycles. The maximum absolute atomic E-state index is 13.0. The molecule has 0 radical (unpaired) electrons. The standard InChI is InChI=1S/C28H32N2O5/c1-2-16-30(18-26(32)33)25(31)17-28(14-8-3-9-15-28)29-27(34)35-19-24-22-12-6-4-10-20(22)21-11-5-7-13-23(21)24/h2,4-7,10-13,24H,1,3,8-9,14-19H2,(H,29,34)(H,32,33). The third kappa shape index (κ3) is 5.56. The van der Waals surface area contributed by atoms with E-state index in [0.717, 1.165) is 41.5 Å². The van der Waals surface area contributed by atoms with Crippen molar-refractivity contribution in [1.29, 1.82) is 0 Å². The molecular weight excluding hydrogens is 444 g/mol. The number of fused-ring (bicyclic) bond motifs is 3. The van der Waals surface area contributed by atoms with Crippen LogP contribution in [0.25, 0.3) is 11.1 Å². The second-order valence-electron chi connectivity index (χ2n) is 9.42. The summed E-state index contributed by atoms with van der Waals surface area (Å²) < 4.78 is 5.74. The zero-order valence-corrected chi connectivity index (χ0v) is 19.9. The number of aliphatic carboxylic acids is 1. The Hall–Kier alpha value is -3.61. The Morgan fingerprint density at radius 2 is 1.63 bits per heavy atom. The Bertz CT molecular complexity index is 1060. The molecular formula is C28H32N2O5. The molecule has 0 bridgehead atoms. The van der Waals surface area contributed by atoms with Gasteiger partial charge in [-0.25, -0.2) is 4.79 Å². The molecule has 4 rings (SSSR count). The molecule has 0 atom stereocenters. The monoisotopic (exact) mass is 476 g/mol. The van der Waals surface area contributed by atoms with E-state index in [2.05, 4.69) is 36.2 Å². The van der Waals surface area contributed by atoms with Crippen LogP contribution in [-0.2, 0) is 14.3 Å². The van der Waals surface area contributed by atoms with Crippen LogP contribution >= 0.6 is 0 Å². The van der Waals surface area contributed by atoms with E-state index in [1.165, 1.54) is 11.0 Å². The van der Waals surface area contributed by atoms with Gasteiger partial charge in [-0.2, -0.15) is 0 Å². The van der Waals surface area contributed by atoms with Crippen LogP contribution in [0, 0.1) is 0 Å². The highest BCUT2D eigenvalue weighted by molar-refractivity contribution is 5.83. The highest BCUT2D eigenvalue weighted by Gasteiger charge is 2.38. The summed E-state index contributed by atoms with van der Waals surface area (Å²) in [5.74, 6) is -1.44. The van der Waals surface area contributed by atoms with Gasteiger partial charge in [0.15, 0.2) is 0 Å². The van der Waals surface area contributed by atoms with Crippen molar-refractivity contribution in [3.05, 3.63) is 72.3 Å². The number of carboxylic acids is 1. The van der Waals surface area contributed by atoms with Crippen LogP contribution in [0.4, 0.5) is 4.79 Å². The van der Waals surface area contributed by atoms with Crippen molar-refractivity contribution in [2.75, 3.05) is 19.7 Å². The predicted molar refractivity (Wildman–Crippen MR) is 133 cm³/mol. The van der Waals surface area contributed by atoms with Gasteiger partial charge in [0.1, 0.15) is 13.2 Å². The minimum Gasteiger partial charge on any atom is -0.480 e. The summed E-state index contributed by atoms with van der Waals surface area (Å²) in [6, 6.07) is 16.3. The number of nitrogens with zero attached hydrogens (tertiary/aromatic N) is 1. The highest BCUT2D eigenvalue weighted by Crippen LogP contribution is 2.44. The number of amides is 2. The van der Waals surface area contributed by atoms with Crippen molar-refractivity contribution in [3.8, 4) is 11.1 Å². The first kappa shape index (κ1) is 24.5. The largest absolute Gasteiger partial charge is 0.480 e. The van der Waals surface area contributed by atoms with Gasteiger partial charge in [-0.1, -0.05) is 73.9 Å². The summed E-state index contributed by atoms with van der Waals surface area (Å²) in [5, 5.41) is 12.2. The van der Waals surface area contributed by atoms with Gasteiger partial charge in [-0.15, -0.1) is 6.58 Å². The first-order valence-electron chi connectivity index (χ1n) is 12.2. The maximum Gasteiger partial charge on any atom is 0.407 e. The second kappa shape index (κ2) is 10.8. The Kier molecular flexibility index (Phi) is 7.54. The molecule has 0 aliphatic heterocycles. The minimum atomic E-state index is -1.08. The maximum atomic E-state index is 13.0. The SMILES string of the molecule is C=CCN(CC(=O)O)C(=O)CC1(NC(=O)OCC2c3ccccc3-c3ccccc32)CCCCC1. The van der Waals surface area contributed by atoms with Crippen molar-refractivity contribution in [3.63, 3.8) is 0 Å². The third-order valence-electron chi connectivity index (χ3n) is 7.04. The molecule has 184 valence electrons. The van der Waals surface area contributed by atoms with E-state index < -0.39 is 24.1 Å². The molecule has 7 nitrogen and oxygen atoms in total. The molecule has 0 unspecified atom stereocenters.